The summed E-state index contributed by atoms with van der Waals surface area (Å²) in [7, 11) is 1.67. The van der Waals surface area contributed by atoms with Gasteiger partial charge in [-0.25, -0.2) is 4.39 Å². The fourth-order valence-electron chi connectivity index (χ4n) is 2.80. The summed E-state index contributed by atoms with van der Waals surface area (Å²) < 4.78 is 24.7. The van der Waals surface area contributed by atoms with E-state index in [1.807, 2.05) is 0 Å². The van der Waals surface area contributed by atoms with E-state index in [4.69, 9.17) is 20.9 Å². The molecule has 5 nitrogen and oxygen atoms in total. The Morgan fingerprint density at radius 3 is 3.00 bits per heavy atom. The number of aryl methyl sites for hydroxylation is 1. The van der Waals surface area contributed by atoms with Crippen molar-refractivity contribution in [2.24, 2.45) is 0 Å². The molecule has 0 bridgehead atoms. The molecule has 22 heavy (non-hydrogen) atoms. The molecule has 2 atom stereocenters. The lowest BCUT2D eigenvalue weighted by Gasteiger charge is -2.21. The van der Waals surface area contributed by atoms with E-state index < -0.39 is 0 Å². The van der Waals surface area contributed by atoms with Crippen molar-refractivity contribution in [2.75, 3.05) is 13.7 Å². The molecule has 1 saturated heterocycles. The number of ether oxygens (including phenoxy) is 1. The van der Waals surface area contributed by atoms with Crippen LogP contribution in [0.4, 0.5) is 4.39 Å². The summed E-state index contributed by atoms with van der Waals surface area (Å²) in [5.41, 5.74) is 0.547. The zero-order valence-electron chi connectivity index (χ0n) is 12.4. The van der Waals surface area contributed by atoms with Crippen molar-refractivity contribution in [1.29, 1.82) is 0 Å². The Balaban J connectivity index is 1.84. The molecule has 0 unspecified atom stereocenters. The van der Waals surface area contributed by atoms with E-state index in [0.29, 0.717) is 35.4 Å². The lowest BCUT2D eigenvalue weighted by Crippen LogP contribution is -2.25. The molecule has 2 aromatic rings. The molecule has 1 aliphatic heterocycles. The second-order valence-electron chi connectivity index (χ2n) is 5.45. The first-order valence-electron chi connectivity index (χ1n) is 7.08. The number of likely N-dealkylation sites (tertiary alicyclic amines) is 1. The van der Waals surface area contributed by atoms with E-state index in [-0.39, 0.29) is 18.0 Å². The predicted molar refractivity (Wildman–Crippen MR) is 79.0 cm³/mol. The molecule has 0 N–H and O–H groups in total. The Morgan fingerprint density at radius 1 is 1.50 bits per heavy atom. The largest absolute Gasteiger partial charge is 0.380 e. The number of hydrogen-bond donors (Lipinski definition) is 0. The van der Waals surface area contributed by atoms with Gasteiger partial charge < -0.3 is 9.26 Å². The van der Waals surface area contributed by atoms with E-state index in [1.165, 1.54) is 6.07 Å². The fourth-order valence-corrected chi connectivity index (χ4v) is 2.99. The predicted octanol–water partition coefficient (Wildman–Crippen LogP) is 3.13. The van der Waals surface area contributed by atoms with E-state index in [0.717, 1.165) is 6.42 Å². The van der Waals surface area contributed by atoms with Crippen LogP contribution in [-0.2, 0) is 11.3 Å². The zero-order chi connectivity index (χ0) is 15.7. The summed E-state index contributed by atoms with van der Waals surface area (Å²) >= 11 is 5.96. The van der Waals surface area contributed by atoms with Gasteiger partial charge in [-0.3, -0.25) is 4.90 Å². The Bertz CT molecular complexity index is 664. The van der Waals surface area contributed by atoms with Gasteiger partial charge in [-0.2, -0.15) is 4.98 Å². The molecule has 1 aromatic carbocycles. The Morgan fingerprint density at radius 2 is 2.32 bits per heavy atom. The van der Waals surface area contributed by atoms with Crippen molar-refractivity contribution >= 4 is 11.6 Å². The molecule has 7 heteroatoms. The average Bonchev–Trinajstić information content (AvgIpc) is 3.09. The second kappa shape index (κ2) is 6.32. The van der Waals surface area contributed by atoms with Crippen molar-refractivity contribution in [3.05, 3.63) is 46.3 Å². The van der Waals surface area contributed by atoms with E-state index in [2.05, 4.69) is 15.0 Å². The molecule has 1 aromatic heterocycles. The molecule has 2 heterocycles. The summed E-state index contributed by atoms with van der Waals surface area (Å²) in [6, 6.07) is 4.49. The molecule has 1 aliphatic rings. The average molecular weight is 326 g/mol. The van der Waals surface area contributed by atoms with Gasteiger partial charge in [0, 0.05) is 30.8 Å². The standard InChI is InChI=1S/C15H17ClFN3O2/c1-9-18-15(22-19-9)14-6-12(21-2)8-20(14)7-10-5-11(16)3-4-13(10)17/h3-5,12,14H,6-8H2,1-2H3/t12-,14-/m1/s1. The molecular formula is C15H17ClFN3O2. The Kier molecular flexibility index (Phi) is 4.42. The first-order valence-corrected chi connectivity index (χ1v) is 7.45. The van der Waals surface area contributed by atoms with Crippen LogP contribution in [-0.4, -0.2) is 34.8 Å². The van der Waals surface area contributed by atoms with Crippen LogP contribution in [0.3, 0.4) is 0 Å². The van der Waals surface area contributed by atoms with Gasteiger partial charge in [0.15, 0.2) is 5.82 Å². The number of methoxy groups -OCH3 is 1. The maximum Gasteiger partial charge on any atom is 0.244 e. The molecule has 1 fully saturated rings. The highest BCUT2D eigenvalue weighted by atomic mass is 35.5. The Labute approximate surface area is 133 Å². The highest BCUT2D eigenvalue weighted by molar-refractivity contribution is 6.30. The van der Waals surface area contributed by atoms with Crippen LogP contribution in [0.2, 0.25) is 5.02 Å². The minimum atomic E-state index is -0.272. The van der Waals surface area contributed by atoms with Crippen LogP contribution in [0, 0.1) is 12.7 Å². The van der Waals surface area contributed by atoms with Crippen molar-refractivity contribution < 1.29 is 13.7 Å². The lowest BCUT2D eigenvalue weighted by molar-refractivity contribution is 0.107. The van der Waals surface area contributed by atoms with Gasteiger partial charge in [0.25, 0.3) is 0 Å². The van der Waals surface area contributed by atoms with E-state index in [9.17, 15) is 4.39 Å². The molecule has 0 saturated carbocycles. The van der Waals surface area contributed by atoms with Crippen molar-refractivity contribution in [1.82, 2.24) is 15.0 Å². The van der Waals surface area contributed by atoms with Gasteiger partial charge in [-0.1, -0.05) is 16.8 Å². The Hall–Kier alpha value is -1.50. The van der Waals surface area contributed by atoms with Gasteiger partial charge in [0.1, 0.15) is 5.82 Å². The number of halogens is 2. The molecule has 0 spiro atoms. The highest BCUT2D eigenvalue weighted by Crippen LogP contribution is 2.34. The third kappa shape index (κ3) is 3.14. The number of benzene rings is 1. The topological polar surface area (TPSA) is 51.4 Å². The molecule has 0 aliphatic carbocycles. The van der Waals surface area contributed by atoms with Gasteiger partial charge in [-0.15, -0.1) is 0 Å². The molecular weight excluding hydrogens is 309 g/mol. The fraction of sp³-hybridized carbons (Fsp3) is 0.467. The number of hydrogen-bond acceptors (Lipinski definition) is 5. The van der Waals surface area contributed by atoms with E-state index in [1.54, 1.807) is 26.2 Å². The van der Waals surface area contributed by atoms with Crippen LogP contribution >= 0.6 is 11.6 Å². The minimum absolute atomic E-state index is 0.0550. The molecule has 0 amide bonds. The first-order chi connectivity index (χ1) is 10.6. The van der Waals surface area contributed by atoms with Gasteiger partial charge in [-0.05, 0) is 31.5 Å². The summed E-state index contributed by atoms with van der Waals surface area (Å²) in [6.07, 6.45) is 0.791. The number of aromatic nitrogens is 2. The minimum Gasteiger partial charge on any atom is -0.380 e. The van der Waals surface area contributed by atoms with Crippen molar-refractivity contribution in [3.8, 4) is 0 Å². The van der Waals surface area contributed by atoms with Crippen molar-refractivity contribution in [3.63, 3.8) is 0 Å². The van der Waals surface area contributed by atoms with Crippen molar-refractivity contribution in [2.45, 2.75) is 32.0 Å². The van der Waals surface area contributed by atoms with E-state index >= 15 is 0 Å². The van der Waals surface area contributed by atoms with Gasteiger partial charge >= 0.3 is 0 Å². The third-order valence-electron chi connectivity index (χ3n) is 3.91. The lowest BCUT2D eigenvalue weighted by atomic mass is 10.1. The van der Waals surface area contributed by atoms with Gasteiger partial charge in [0.05, 0.1) is 12.1 Å². The maximum atomic E-state index is 14.0. The summed E-state index contributed by atoms with van der Waals surface area (Å²) in [6.45, 7) is 2.86. The first kappa shape index (κ1) is 15.4. The van der Waals surface area contributed by atoms with Gasteiger partial charge in [0.2, 0.25) is 5.89 Å². The molecule has 3 rings (SSSR count). The third-order valence-corrected chi connectivity index (χ3v) is 4.14. The quantitative estimate of drug-likeness (QED) is 0.864. The normalized spacial score (nSPS) is 22.4. The van der Waals surface area contributed by atoms with Crippen LogP contribution < -0.4 is 0 Å². The maximum absolute atomic E-state index is 14.0. The summed E-state index contributed by atoms with van der Waals surface area (Å²) in [5, 5.41) is 4.35. The van der Waals surface area contributed by atoms with Crippen LogP contribution in [0.15, 0.2) is 22.7 Å². The molecule has 0 radical (unpaired) electrons. The summed E-state index contributed by atoms with van der Waals surface area (Å²) in [5.74, 6) is 0.856. The second-order valence-corrected chi connectivity index (χ2v) is 5.89. The van der Waals surface area contributed by atoms with Crippen LogP contribution in [0.5, 0.6) is 0 Å². The molecule has 118 valence electrons. The smallest absolute Gasteiger partial charge is 0.244 e. The van der Waals surface area contributed by atoms with Crippen LogP contribution in [0.25, 0.3) is 0 Å². The highest BCUT2D eigenvalue weighted by Gasteiger charge is 2.37. The SMILES string of the molecule is CO[C@@H]1C[C@H](c2nc(C)no2)N(Cc2cc(Cl)ccc2F)C1. The van der Waals surface area contributed by atoms with Crippen LogP contribution in [0.1, 0.15) is 29.7 Å². The number of rotatable bonds is 4. The zero-order valence-corrected chi connectivity index (χ0v) is 13.2. The summed E-state index contributed by atoms with van der Waals surface area (Å²) in [4.78, 5) is 6.38. The number of nitrogens with zero attached hydrogens (tertiary/aromatic N) is 3. The monoisotopic (exact) mass is 325 g/mol.